The van der Waals surface area contributed by atoms with Gasteiger partial charge in [0.25, 0.3) is 5.91 Å². The zero-order valence-electron chi connectivity index (χ0n) is 11.9. The lowest BCUT2D eigenvalue weighted by atomic mass is 10.3. The van der Waals surface area contributed by atoms with Gasteiger partial charge >= 0.3 is 0 Å². The van der Waals surface area contributed by atoms with Crippen molar-refractivity contribution in [3.05, 3.63) is 42.2 Å². The maximum atomic E-state index is 11.2. The first-order valence-electron chi connectivity index (χ1n) is 7.24. The molecule has 0 aliphatic carbocycles. The van der Waals surface area contributed by atoms with Gasteiger partial charge in [-0.25, -0.2) is 4.98 Å². The van der Waals surface area contributed by atoms with Gasteiger partial charge in [-0.15, -0.1) is 0 Å². The van der Waals surface area contributed by atoms with Crippen molar-refractivity contribution in [3.63, 3.8) is 0 Å². The number of carbonyl (C=O) groups is 1. The molecule has 3 N–H and O–H groups in total. The monoisotopic (exact) mass is 296 g/mol. The van der Waals surface area contributed by atoms with Gasteiger partial charge in [0.2, 0.25) is 5.95 Å². The van der Waals surface area contributed by atoms with E-state index in [2.05, 4.69) is 20.0 Å². The number of nitrogens with two attached hydrogens (primary N) is 1. The largest absolute Gasteiger partial charge is 0.366 e. The number of nitrogens with one attached hydrogen (secondary N) is 1. The van der Waals surface area contributed by atoms with E-state index < -0.39 is 5.91 Å². The van der Waals surface area contributed by atoms with Gasteiger partial charge in [0, 0.05) is 19.3 Å². The number of para-hydroxylation sites is 2. The van der Waals surface area contributed by atoms with Crippen LogP contribution in [0.1, 0.15) is 22.8 Å². The topological polar surface area (TPSA) is 92.8 Å². The summed E-state index contributed by atoms with van der Waals surface area (Å²) < 4.78 is 1.82. The molecule has 7 nitrogen and oxygen atoms in total. The number of imidazole rings is 1. The van der Waals surface area contributed by atoms with Crippen molar-refractivity contribution in [2.45, 2.75) is 12.5 Å². The number of rotatable bonds is 3. The molecule has 1 unspecified atom stereocenters. The van der Waals surface area contributed by atoms with E-state index in [4.69, 9.17) is 5.73 Å². The normalized spacial score (nSPS) is 18.2. The van der Waals surface area contributed by atoms with Crippen LogP contribution in [0.2, 0.25) is 0 Å². The number of aromatic amines is 1. The SMILES string of the molecule is NC(=O)c1cnn(C2CCN(c3nc4ccccc4[nH]3)C2)c1. The van der Waals surface area contributed by atoms with Gasteiger partial charge in [-0.1, -0.05) is 12.1 Å². The van der Waals surface area contributed by atoms with E-state index in [0.717, 1.165) is 36.5 Å². The number of amides is 1. The summed E-state index contributed by atoms with van der Waals surface area (Å²) in [6.45, 7) is 1.70. The number of hydrogen-bond donors (Lipinski definition) is 2. The van der Waals surface area contributed by atoms with Crippen molar-refractivity contribution in [1.29, 1.82) is 0 Å². The third-order valence-electron chi connectivity index (χ3n) is 4.10. The van der Waals surface area contributed by atoms with Crippen LogP contribution < -0.4 is 10.6 Å². The van der Waals surface area contributed by atoms with Gasteiger partial charge in [0.05, 0.1) is 28.8 Å². The van der Waals surface area contributed by atoms with Crippen LogP contribution in [0.4, 0.5) is 5.95 Å². The van der Waals surface area contributed by atoms with Crippen LogP contribution in [0.15, 0.2) is 36.7 Å². The molecule has 3 aromatic rings. The fourth-order valence-electron chi connectivity index (χ4n) is 2.90. The molecular weight excluding hydrogens is 280 g/mol. The van der Waals surface area contributed by atoms with E-state index in [9.17, 15) is 4.79 Å². The number of fused-ring (bicyclic) bond motifs is 1. The molecule has 0 radical (unpaired) electrons. The summed E-state index contributed by atoms with van der Waals surface area (Å²) in [7, 11) is 0. The Morgan fingerprint density at radius 2 is 2.23 bits per heavy atom. The number of primary amides is 1. The fourth-order valence-corrected chi connectivity index (χ4v) is 2.90. The van der Waals surface area contributed by atoms with Crippen LogP contribution in [-0.4, -0.2) is 38.7 Å². The van der Waals surface area contributed by atoms with Crippen LogP contribution in [0.3, 0.4) is 0 Å². The molecular formula is C15H16N6O. The number of benzene rings is 1. The van der Waals surface area contributed by atoms with E-state index in [1.165, 1.54) is 6.20 Å². The van der Waals surface area contributed by atoms with Gasteiger partial charge < -0.3 is 15.6 Å². The van der Waals surface area contributed by atoms with Gasteiger partial charge in [-0.2, -0.15) is 5.10 Å². The summed E-state index contributed by atoms with van der Waals surface area (Å²) in [5, 5.41) is 4.25. The summed E-state index contributed by atoms with van der Waals surface area (Å²) in [5.41, 5.74) is 7.72. The molecule has 112 valence electrons. The maximum absolute atomic E-state index is 11.2. The zero-order chi connectivity index (χ0) is 15.1. The maximum Gasteiger partial charge on any atom is 0.251 e. The molecule has 0 saturated carbocycles. The lowest BCUT2D eigenvalue weighted by Gasteiger charge is -2.15. The molecule has 1 fully saturated rings. The minimum Gasteiger partial charge on any atom is -0.366 e. The molecule has 1 amide bonds. The molecule has 1 atom stereocenters. The summed E-state index contributed by atoms with van der Waals surface area (Å²) in [6.07, 6.45) is 4.19. The summed E-state index contributed by atoms with van der Waals surface area (Å²) >= 11 is 0. The van der Waals surface area contributed by atoms with Crippen LogP contribution in [0, 0.1) is 0 Å². The van der Waals surface area contributed by atoms with Gasteiger partial charge in [-0.05, 0) is 18.6 Å². The van der Waals surface area contributed by atoms with Crippen molar-refractivity contribution in [1.82, 2.24) is 19.7 Å². The number of aromatic nitrogens is 4. The quantitative estimate of drug-likeness (QED) is 0.762. The Morgan fingerprint density at radius 3 is 3.00 bits per heavy atom. The first-order chi connectivity index (χ1) is 10.7. The standard InChI is InChI=1S/C15H16N6O/c16-14(22)10-7-17-21(8-10)11-5-6-20(9-11)15-18-12-3-1-2-4-13(12)19-15/h1-4,7-8,11H,5-6,9H2,(H2,16,22)(H,18,19). The van der Waals surface area contributed by atoms with Crippen LogP contribution >= 0.6 is 0 Å². The summed E-state index contributed by atoms with van der Waals surface area (Å²) in [4.78, 5) is 21.3. The molecule has 3 heterocycles. The molecule has 1 aromatic carbocycles. The van der Waals surface area contributed by atoms with Crippen molar-refractivity contribution in [2.75, 3.05) is 18.0 Å². The Balaban J connectivity index is 1.55. The number of anilines is 1. The molecule has 1 saturated heterocycles. The number of H-pyrrole nitrogens is 1. The Morgan fingerprint density at radius 1 is 1.36 bits per heavy atom. The van der Waals surface area contributed by atoms with Gasteiger partial charge in [0.1, 0.15) is 0 Å². The molecule has 0 spiro atoms. The third kappa shape index (κ3) is 2.11. The van der Waals surface area contributed by atoms with Crippen molar-refractivity contribution < 1.29 is 4.79 Å². The second kappa shape index (κ2) is 4.87. The predicted molar refractivity (Wildman–Crippen MR) is 82.7 cm³/mol. The lowest BCUT2D eigenvalue weighted by Crippen LogP contribution is -2.22. The smallest absolute Gasteiger partial charge is 0.251 e. The van der Waals surface area contributed by atoms with E-state index in [1.54, 1.807) is 6.20 Å². The lowest BCUT2D eigenvalue weighted by molar-refractivity contribution is 0.1000. The number of nitrogens with zero attached hydrogens (tertiary/aromatic N) is 4. The first kappa shape index (κ1) is 12.9. The highest BCUT2D eigenvalue weighted by atomic mass is 16.1. The Bertz CT molecular complexity index is 802. The van der Waals surface area contributed by atoms with E-state index >= 15 is 0 Å². The molecule has 2 aromatic heterocycles. The minimum atomic E-state index is -0.446. The zero-order valence-corrected chi connectivity index (χ0v) is 11.9. The predicted octanol–water partition coefficient (Wildman–Crippen LogP) is 1.31. The average Bonchev–Trinajstić information content (AvgIpc) is 3.24. The molecule has 0 bridgehead atoms. The van der Waals surface area contributed by atoms with Gasteiger partial charge in [-0.3, -0.25) is 9.48 Å². The molecule has 7 heteroatoms. The number of carbonyl (C=O) groups excluding carboxylic acids is 1. The highest BCUT2D eigenvalue weighted by Gasteiger charge is 2.26. The minimum absolute atomic E-state index is 0.223. The third-order valence-corrected chi connectivity index (χ3v) is 4.10. The van der Waals surface area contributed by atoms with E-state index in [-0.39, 0.29) is 6.04 Å². The van der Waals surface area contributed by atoms with Crippen LogP contribution in [0.25, 0.3) is 11.0 Å². The van der Waals surface area contributed by atoms with Crippen molar-refractivity contribution in [3.8, 4) is 0 Å². The highest BCUT2D eigenvalue weighted by Crippen LogP contribution is 2.26. The van der Waals surface area contributed by atoms with Crippen LogP contribution in [-0.2, 0) is 0 Å². The summed E-state index contributed by atoms with van der Waals surface area (Å²) in [5.74, 6) is 0.435. The average molecular weight is 296 g/mol. The van der Waals surface area contributed by atoms with Crippen molar-refractivity contribution in [2.24, 2.45) is 5.73 Å². The molecule has 1 aliphatic heterocycles. The van der Waals surface area contributed by atoms with Crippen LogP contribution in [0.5, 0.6) is 0 Å². The highest BCUT2D eigenvalue weighted by molar-refractivity contribution is 5.92. The summed E-state index contributed by atoms with van der Waals surface area (Å²) in [6, 6.07) is 8.21. The Labute approximate surface area is 126 Å². The Kier molecular flexibility index (Phi) is 2.85. The molecule has 22 heavy (non-hydrogen) atoms. The number of hydrogen-bond acceptors (Lipinski definition) is 4. The molecule has 1 aliphatic rings. The fraction of sp³-hybridized carbons (Fsp3) is 0.267. The second-order valence-electron chi connectivity index (χ2n) is 5.54. The molecule has 4 rings (SSSR count). The first-order valence-corrected chi connectivity index (χ1v) is 7.24. The van der Waals surface area contributed by atoms with E-state index in [0.29, 0.717) is 5.56 Å². The van der Waals surface area contributed by atoms with Crippen molar-refractivity contribution >= 4 is 22.9 Å². The van der Waals surface area contributed by atoms with Gasteiger partial charge in [0.15, 0.2) is 0 Å². The Hall–Kier alpha value is -2.83. The second-order valence-corrected chi connectivity index (χ2v) is 5.54. The van der Waals surface area contributed by atoms with E-state index in [1.807, 2.05) is 28.9 Å².